The highest BCUT2D eigenvalue weighted by molar-refractivity contribution is 7.99. The second kappa shape index (κ2) is 11.5. The van der Waals surface area contributed by atoms with Gasteiger partial charge in [0, 0.05) is 41.5 Å². The number of hydrogen-bond acceptors (Lipinski definition) is 5. The van der Waals surface area contributed by atoms with E-state index in [2.05, 4.69) is 27.6 Å². The van der Waals surface area contributed by atoms with E-state index in [1.54, 1.807) is 6.07 Å². The highest BCUT2D eigenvalue weighted by atomic mass is 35.5. The molecule has 1 saturated carbocycles. The Labute approximate surface area is 250 Å². The number of anilines is 1. The second-order valence-corrected chi connectivity index (χ2v) is 15.7. The van der Waals surface area contributed by atoms with Crippen LogP contribution in [-0.2, 0) is 26.3 Å². The summed E-state index contributed by atoms with van der Waals surface area (Å²) in [7, 11) is -0.955. The normalized spacial score (nSPS) is 33.9. The van der Waals surface area contributed by atoms with Gasteiger partial charge >= 0.3 is 0 Å². The first-order chi connectivity index (χ1) is 19.7. The van der Waals surface area contributed by atoms with E-state index in [0.29, 0.717) is 24.0 Å². The lowest BCUT2D eigenvalue weighted by atomic mass is 9.68. The Bertz CT molecular complexity index is 1410. The molecular weight excluding hydrogens is 556 g/mol. The molecule has 2 aromatic rings. The van der Waals surface area contributed by atoms with Crippen molar-refractivity contribution in [1.29, 1.82) is 0 Å². The topological polar surface area (TPSA) is 67.9 Å². The quantitative estimate of drug-likeness (QED) is 0.397. The summed E-state index contributed by atoms with van der Waals surface area (Å²) in [6, 6.07) is 12.0. The lowest BCUT2D eigenvalue weighted by molar-refractivity contribution is -0.0220. The van der Waals surface area contributed by atoms with Gasteiger partial charge in [0.1, 0.15) is 5.75 Å². The van der Waals surface area contributed by atoms with Crippen LogP contribution in [0.3, 0.4) is 0 Å². The van der Waals surface area contributed by atoms with E-state index < -0.39 is 9.71 Å². The van der Waals surface area contributed by atoms with Crippen molar-refractivity contribution in [3.63, 3.8) is 0 Å². The van der Waals surface area contributed by atoms with Gasteiger partial charge in [-0.25, -0.2) is 4.21 Å². The summed E-state index contributed by atoms with van der Waals surface area (Å²) in [5.74, 6) is 5.43. The molecule has 222 valence electrons. The Balaban J connectivity index is 1.41. The zero-order chi connectivity index (χ0) is 28.8. The molecule has 6 rings (SSSR count). The predicted molar refractivity (Wildman–Crippen MR) is 168 cm³/mol. The first-order valence-corrected chi connectivity index (χ1v) is 17.4. The van der Waals surface area contributed by atoms with Crippen LogP contribution in [-0.4, -0.2) is 54.1 Å². The Hall–Kier alpha value is -2.22. The van der Waals surface area contributed by atoms with Crippen LogP contribution in [0.4, 0.5) is 5.69 Å². The largest absolute Gasteiger partial charge is 0.490 e. The summed E-state index contributed by atoms with van der Waals surface area (Å²) in [4.78, 5) is 15.9. The highest BCUT2D eigenvalue weighted by Crippen LogP contribution is 2.47. The van der Waals surface area contributed by atoms with E-state index in [4.69, 9.17) is 21.1 Å². The fourth-order valence-corrected chi connectivity index (χ4v) is 9.02. The van der Waals surface area contributed by atoms with Crippen LogP contribution in [0.15, 0.2) is 36.4 Å². The van der Waals surface area contributed by atoms with Gasteiger partial charge in [0.05, 0.1) is 28.1 Å². The van der Waals surface area contributed by atoms with Crippen molar-refractivity contribution in [1.82, 2.24) is 4.72 Å². The van der Waals surface area contributed by atoms with Gasteiger partial charge in [0.15, 0.2) is 0 Å². The fourth-order valence-electron chi connectivity index (χ4n) is 7.64. The summed E-state index contributed by atoms with van der Waals surface area (Å²) in [5.41, 5.74) is 3.90. The number of methoxy groups -OCH3 is 1. The number of aryl methyl sites for hydroxylation is 1. The number of carbonyl (C=O) groups excluding carboxylic acids is 1. The average Bonchev–Trinajstić information content (AvgIpc) is 3.08. The maximum atomic E-state index is 13.5. The van der Waals surface area contributed by atoms with Gasteiger partial charge in [-0.2, -0.15) is 0 Å². The van der Waals surface area contributed by atoms with Gasteiger partial charge in [0.2, 0.25) is 0 Å². The Morgan fingerprint density at radius 1 is 1.12 bits per heavy atom. The highest BCUT2D eigenvalue weighted by Gasteiger charge is 2.44. The number of carbonyl (C=O) groups is 1. The second-order valence-electron chi connectivity index (χ2n) is 12.8. The van der Waals surface area contributed by atoms with Crippen molar-refractivity contribution in [2.75, 3.05) is 31.7 Å². The van der Waals surface area contributed by atoms with Crippen molar-refractivity contribution in [2.45, 2.75) is 81.5 Å². The van der Waals surface area contributed by atoms with E-state index in [1.807, 2.05) is 32.2 Å². The number of fused-ring (bicyclic) bond motifs is 4. The standard InChI is InChI=1S/C33H43ClN2O4S/c1-22-7-4-5-9-30(39-2)27-13-10-25(27)19-36-20-33(16-6-8-23-17-26(34)12-14-28(23)33)21-40-31-15-11-24(18-29(31)36)32(37)35-41(22,3)38/h11-12,14-15,17-18,22,25,27,30H,3-10,13,16,19-21H2,1-2H3,(H,35,37,38)/t22-,25+,27-,30+,33+,41?/m1/s1. The minimum atomic E-state index is -2.80. The number of halogens is 1. The van der Waals surface area contributed by atoms with Crippen molar-refractivity contribution in [3.8, 4) is 5.75 Å². The summed E-state index contributed by atoms with van der Waals surface area (Å²) in [5, 5.41) is 0.565. The summed E-state index contributed by atoms with van der Waals surface area (Å²) < 4.78 is 28.9. The van der Waals surface area contributed by atoms with Crippen LogP contribution in [0, 0.1) is 11.8 Å². The third-order valence-electron chi connectivity index (χ3n) is 10.3. The molecule has 6 atom stereocenters. The number of ether oxygens (including phenoxy) is 2. The molecule has 2 heterocycles. The molecule has 2 aliphatic heterocycles. The van der Waals surface area contributed by atoms with E-state index in [1.165, 1.54) is 24.0 Å². The molecule has 41 heavy (non-hydrogen) atoms. The first-order valence-electron chi connectivity index (χ1n) is 15.2. The average molecular weight is 599 g/mol. The molecule has 6 nitrogen and oxygen atoms in total. The number of benzene rings is 2. The number of amides is 1. The van der Waals surface area contributed by atoms with Gasteiger partial charge in [-0.05, 0) is 111 Å². The van der Waals surface area contributed by atoms with E-state index >= 15 is 0 Å². The van der Waals surface area contributed by atoms with Gasteiger partial charge in [-0.15, -0.1) is 0 Å². The number of hydrogen-bond donors (Lipinski definition) is 1. The van der Waals surface area contributed by atoms with Crippen LogP contribution in [0.5, 0.6) is 5.75 Å². The molecule has 1 amide bonds. The summed E-state index contributed by atoms with van der Waals surface area (Å²) >= 11 is 6.42. The van der Waals surface area contributed by atoms with E-state index in [0.717, 1.165) is 74.5 Å². The lowest BCUT2D eigenvalue weighted by Gasteiger charge is -2.46. The molecular formula is C33H43ClN2O4S. The molecule has 4 aliphatic rings. The molecule has 2 bridgehead atoms. The molecule has 8 heteroatoms. The van der Waals surface area contributed by atoms with Gasteiger partial charge < -0.3 is 14.4 Å². The van der Waals surface area contributed by atoms with Crippen LogP contribution >= 0.6 is 11.6 Å². The monoisotopic (exact) mass is 598 g/mol. The zero-order valence-corrected chi connectivity index (χ0v) is 25.9. The third kappa shape index (κ3) is 5.62. The maximum Gasteiger partial charge on any atom is 0.262 e. The Kier molecular flexibility index (Phi) is 8.07. The molecule has 1 fully saturated rings. The number of rotatable bonds is 1. The van der Waals surface area contributed by atoms with Crippen molar-refractivity contribution in [2.24, 2.45) is 11.8 Å². The van der Waals surface area contributed by atoms with Crippen molar-refractivity contribution >= 4 is 38.8 Å². The molecule has 0 aromatic heterocycles. The molecule has 1 N–H and O–H groups in total. The van der Waals surface area contributed by atoms with Crippen molar-refractivity contribution in [3.05, 3.63) is 58.1 Å². The Morgan fingerprint density at radius 2 is 1.95 bits per heavy atom. The zero-order valence-electron chi connectivity index (χ0n) is 24.3. The lowest BCUT2D eigenvalue weighted by Crippen LogP contribution is -2.49. The predicted octanol–water partition coefficient (Wildman–Crippen LogP) is 6.18. The minimum absolute atomic E-state index is 0.169. The smallest absolute Gasteiger partial charge is 0.262 e. The van der Waals surface area contributed by atoms with E-state index in [-0.39, 0.29) is 22.7 Å². The number of nitrogens with zero attached hydrogens (tertiary/aromatic N) is 1. The van der Waals surface area contributed by atoms with Crippen LogP contribution in [0.2, 0.25) is 5.02 Å². The molecule has 0 saturated heterocycles. The van der Waals surface area contributed by atoms with Crippen molar-refractivity contribution < 1.29 is 18.5 Å². The van der Waals surface area contributed by atoms with Gasteiger partial charge in [-0.3, -0.25) is 9.52 Å². The molecule has 1 spiro atoms. The Morgan fingerprint density at radius 3 is 2.73 bits per heavy atom. The summed E-state index contributed by atoms with van der Waals surface area (Å²) in [6.45, 7) is 4.20. The van der Waals surface area contributed by atoms with Crippen LogP contribution < -0.4 is 14.4 Å². The van der Waals surface area contributed by atoms with Crippen LogP contribution in [0.25, 0.3) is 0 Å². The maximum absolute atomic E-state index is 13.5. The minimum Gasteiger partial charge on any atom is -0.490 e. The molecule has 2 aliphatic carbocycles. The summed E-state index contributed by atoms with van der Waals surface area (Å²) in [6.07, 6.45) is 9.44. The van der Waals surface area contributed by atoms with Gasteiger partial charge in [-0.1, -0.05) is 30.5 Å². The fraction of sp³-hybridized carbons (Fsp3) is 0.576. The van der Waals surface area contributed by atoms with E-state index in [9.17, 15) is 9.00 Å². The van der Waals surface area contributed by atoms with Crippen LogP contribution in [0.1, 0.15) is 79.8 Å². The molecule has 2 aromatic carbocycles. The first kappa shape index (κ1) is 28.9. The molecule has 1 unspecified atom stereocenters. The third-order valence-corrected chi connectivity index (χ3v) is 12.6. The van der Waals surface area contributed by atoms with Gasteiger partial charge in [0.25, 0.3) is 5.91 Å². The SMILES string of the molecule is C=S1(=O)NC(=O)c2ccc3c(c2)N(C[C@@H]2CC[C@H]2[C@@H](OC)CCCC[C@H]1C)C[C@@]1(CCCc2cc(Cl)ccc21)CO3. The molecule has 0 radical (unpaired) electrons. The number of nitrogens with one attached hydrogen (secondary N) is 1.